The van der Waals surface area contributed by atoms with E-state index in [1.165, 1.54) is 48.9 Å². The highest BCUT2D eigenvalue weighted by atomic mass is 19.1. The standard InChI is InChI=1S/C30H35FN4O/c1-30(2,36)23-9-10-25(27(31)17-23)28(32)26-16-22(18-34-29(26)33)20-8-7-19-11-13-35(14-12-21(19)15-20)24-5-3-4-6-24/h7-10,15-18,24,32,36H,3-6,11-14H2,1-2H3,(H2,33,34). The van der Waals surface area contributed by atoms with Gasteiger partial charge in [-0.05, 0) is 80.0 Å². The van der Waals surface area contributed by atoms with Gasteiger partial charge in [-0.2, -0.15) is 0 Å². The Morgan fingerprint density at radius 2 is 1.72 bits per heavy atom. The van der Waals surface area contributed by atoms with Gasteiger partial charge in [0.15, 0.2) is 0 Å². The van der Waals surface area contributed by atoms with Crippen LogP contribution < -0.4 is 5.73 Å². The number of rotatable bonds is 5. The summed E-state index contributed by atoms with van der Waals surface area (Å²) >= 11 is 0. The minimum atomic E-state index is -1.17. The van der Waals surface area contributed by atoms with Crippen LogP contribution in [-0.2, 0) is 18.4 Å². The number of aromatic nitrogens is 1. The quantitative estimate of drug-likeness (QED) is 0.418. The largest absolute Gasteiger partial charge is 0.386 e. The van der Waals surface area contributed by atoms with E-state index in [-0.39, 0.29) is 17.1 Å². The molecular weight excluding hydrogens is 451 g/mol. The Balaban J connectivity index is 1.41. The average Bonchev–Trinajstić information content (AvgIpc) is 3.30. The van der Waals surface area contributed by atoms with E-state index >= 15 is 0 Å². The second-order valence-electron chi connectivity index (χ2n) is 10.7. The van der Waals surface area contributed by atoms with Crippen LogP contribution in [0, 0.1) is 11.2 Å². The Morgan fingerprint density at radius 1 is 1.00 bits per heavy atom. The molecule has 0 unspecified atom stereocenters. The zero-order chi connectivity index (χ0) is 25.4. The van der Waals surface area contributed by atoms with Gasteiger partial charge >= 0.3 is 0 Å². The van der Waals surface area contributed by atoms with Crippen molar-refractivity contribution in [3.05, 3.63) is 82.3 Å². The molecule has 0 radical (unpaired) electrons. The van der Waals surface area contributed by atoms with Gasteiger partial charge in [-0.15, -0.1) is 0 Å². The molecule has 0 atom stereocenters. The van der Waals surface area contributed by atoms with Crippen LogP contribution in [0.4, 0.5) is 10.2 Å². The van der Waals surface area contributed by atoms with Crippen molar-refractivity contribution in [3.8, 4) is 11.1 Å². The third-order valence-corrected chi connectivity index (χ3v) is 7.85. The number of nitrogens with one attached hydrogen (secondary N) is 1. The molecule has 0 saturated heterocycles. The van der Waals surface area contributed by atoms with Crippen LogP contribution in [0.1, 0.15) is 67.3 Å². The van der Waals surface area contributed by atoms with Crippen LogP contribution in [0.25, 0.3) is 11.1 Å². The Labute approximate surface area is 212 Å². The number of hydrogen-bond donors (Lipinski definition) is 3. The van der Waals surface area contributed by atoms with E-state index in [1.54, 1.807) is 26.1 Å². The summed E-state index contributed by atoms with van der Waals surface area (Å²) in [5, 5.41) is 18.9. The molecule has 0 amide bonds. The lowest BCUT2D eigenvalue weighted by atomic mass is 9.93. The first-order valence-electron chi connectivity index (χ1n) is 12.9. The topological polar surface area (TPSA) is 86.2 Å². The maximum atomic E-state index is 14.9. The predicted molar refractivity (Wildman–Crippen MR) is 143 cm³/mol. The SMILES string of the molecule is CC(C)(O)c1ccc(C(=N)c2cc(-c3ccc4c(c3)CCN(C3CCCC3)CC4)cnc2N)c(F)c1. The molecule has 5 rings (SSSR count). The van der Waals surface area contributed by atoms with Crippen LogP contribution >= 0.6 is 0 Å². The maximum absolute atomic E-state index is 14.9. The third kappa shape index (κ3) is 4.93. The van der Waals surface area contributed by atoms with Crippen molar-refractivity contribution < 1.29 is 9.50 Å². The molecule has 4 N–H and O–H groups in total. The summed E-state index contributed by atoms with van der Waals surface area (Å²) < 4.78 is 14.9. The number of anilines is 1. The summed E-state index contributed by atoms with van der Waals surface area (Å²) in [4.78, 5) is 7.02. The fourth-order valence-corrected chi connectivity index (χ4v) is 5.63. The van der Waals surface area contributed by atoms with Crippen LogP contribution in [0.5, 0.6) is 0 Å². The summed E-state index contributed by atoms with van der Waals surface area (Å²) in [6, 6.07) is 13.6. The van der Waals surface area contributed by atoms with E-state index in [0.29, 0.717) is 11.1 Å². The number of hydrogen-bond acceptors (Lipinski definition) is 5. The zero-order valence-corrected chi connectivity index (χ0v) is 21.1. The molecule has 188 valence electrons. The lowest BCUT2D eigenvalue weighted by Crippen LogP contribution is -2.35. The molecule has 1 fully saturated rings. The number of benzene rings is 2. The van der Waals surface area contributed by atoms with E-state index in [2.05, 4.69) is 28.1 Å². The summed E-state index contributed by atoms with van der Waals surface area (Å²) in [7, 11) is 0. The second-order valence-corrected chi connectivity index (χ2v) is 10.7. The van der Waals surface area contributed by atoms with Crippen LogP contribution in [-0.4, -0.2) is 39.8 Å². The third-order valence-electron chi connectivity index (χ3n) is 7.85. The zero-order valence-electron chi connectivity index (χ0n) is 21.1. The smallest absolute Gasteiger partial charge is 0.132 e. The number of pyridine rings is 1. The number of halogens is 1. The predicted octanol–water partition coefficient (Wildman–Crippen LogP) is 5.46. The van der Waals surface area contributed by atoms with Crippen molar-refractivity contribution in [1.82, 2.24) is 9.88 Å². The number of aliphatic hydroxyl groups is 1. The number of nitrogens with two attached hydrogens (primary N) is 1. The van der Waals surface area contributed by atoms with E-state index < -0.39 is 11.4 Å². The van der Waals surface area contributed by atoms with Gasteiger partial charge in [0.1, 0.15) is 11.6 Å². The highest BCUT2D eigenvalue weighted by molar-refractivity contribution is 6.14. The van der Waals surface area contributed by atoms with Crippen LogP contribution in [0.3, 0.4) is 0 Å². The van der Waals surface area contributed by atoms with Crippen molar-refractivity contribution in [1.29, 1.82) is 5.41 Å². The Bertz CT molecular complexity index is 1290. The molecule has 2 aromatic carbocycles. The molecule has 6 heteroatoms. The Hall–Kier alpha value is -3.09. The molecule has 1 aliphatic heterocycles. The molecule has 0 bridgehead atoms. The van der Waals surface area contributed by atoms with E-state index in [9.17, 15) is 9.50 Å². The van der Waals surface area contributed by atoms with Gasteiger partial charge in [-0.1, -0.05) is 37.1 Å². The van der Waals surface area contributed by atoms with Gasteiger partial charge in [0.05, 0.1) is 11.3 Å². The molecule has 1 saturated carbocycles. The molecule has 0 spiro atoms. The van der Waals surface area contributed by atoms with E-state index in [0.717, 1.165) is 43.1 Å². The molecule has 3 aromatic rings. The first-order valence-corrected chi connectivity index (χ1v) is 12.9. The lowest BCUT2D eigenvalue weighted by Gasteiger charge is -2.26. The minimum absolute atomic E-state index is 0.0244. The van der Waals surface area contributed by atoms with Crippen molar-refractivity contribution in [2.75, 3.05) is 18.8 Å². The fourth-order valence-electron chi connectivity index (χ4n) is 5.63. The highest BCUT2D eigenvalue weighted by Gasteiger charge is 2.25. The van der Waals surface area contributed by atoms with Gasteiger partial charge in [0.2, 0.25) is 0 Å². The van der Waals surface area contributed by atoms with E-state index in [4.69, 9.17) is 11.1 Å². The monoisotopic (exact) mass is 486 g/mol. The number of nitrogen functional groups attached to an aromatic ring is 1. The van der Waals surface area contributed by atoms with Crippen molar-refractivity contribution in [2.45, 2.75) is 64.0 Å². The Morgan fingerprint density at radius 3 is 2.42 bits per heavy atom. The number of fused-ring (bicyclic) bond motifs is 1. The average molecular weight is 487 g/mol. The van der Waals surface area contributed by atoms with Gasteiger partial charge in [0.25, 0.3) is 0 Å². The second kappa shape index (κ2) is 9.75. The van der Waals surface area contributed by atoms with Crippen molar-refractivity contribution in [2.24, 2.45) is 0 Å². The van der Waals surface area contributed by atoms with Gasteiger partial charge in [0, 0.05) is 42.0 Å². The fraction of sp³-hybridized carbons (Fsp3) is 0.400. The van der Waals surface area contributed by atoms with E-state index in [1.807, 2.05) is 6.07 Å². The van der Waals surface area contributed by atoms with Crippen LogP contribution in [0.2, 0.25) is 0 Å². The minimum Gasteiger partial charge on any atom is -0.386 e. The van der Waals surface area contributed by atoms with Crippen LogP contribution in [0.15, 0.2) is 48.7 Å². The summed E-state index contributed by atoms with van der Waals surface area (Å²) in [5.41, 5.74) is 10.6. The van der Waals surface area contributed by atoms with Gasteiger partial charge < -0.3 is 10.8 Å². The first kappa shape index (κ1) is 24.6. The summed E-state index contributed by atoms with van der Waals surface area (Å²) in [6.45, 7) is 5.42. The van der Waals surface area contributed by atoms with Gasteiger partial charge in [-0.3, -0.25) is 10.3 Å². The summed E-state index contributed by atoms with van der Waals surface area (Å²) in [5.74, 6) is -0.377. The lowest BCUT2D eigenvalue weighted by molar-refractivity contribution is 0.0782. The summed E-state index contributed by atoms with van der Waals surface area (Å²) in [6.07, 6.45) is 9.19. The van der Waals surface area contributed by atoms with Gasteiger partial charge in [-0.25, -0.2) is 9.37 Å². The molecule has 2 aliphatic rings. The maximum Gasteiger partial charge on any atom is 0.132 e. The van der Waals surface area contributed by atoms with Crippen molar-refractivity contribution in [3.63, 3.8) is 0 Å². The Kier molecular flexibility index (Phi) is 6.66. The molecular formula is C30H35FN4O. The molecule has 1 aromatic heterocycles. The first-order chi connectivity index (χ1) is 17.2. The molecule has 1 aliphatic carbocycles. The number of nitrogens with zero attached hydrogens (tertiary/aromatic N) is 2. The van der Waals surface area contributed by atoms with Crippen molar-refractivity contribution >= 4 is 11.5 Å². The molecule has 5 nitrogen and oxygen atoms in total. The normalized spacial score (nSPS) is 17.1. The molecule has 36 heavy (non-hydrogen) atoms. The highest BCUT2D eigenvalue weighted by Crippen LogP contribution is 2.30. The molecule has 2 heterocycles.